The Morgan fingerprint density at radius 3 is 2.25 bits per heavy atom. The van der Waals surface area contributed by atoms with E-state index in [0.29, 0.717) is 0 Å². The van der Waals surface area contributed by atoms with E-state index in [1.54, 1.807) is 5.34 Å². The first-order chi connectivity index (χ1) is 1.91. The third-order valence-corrected chi connectivity index (χ3v) is 0.0845. The highest BCUT2D eigenvalue weighted by atomic mass is 35.5. The van der Waals surface area contributed by atoms with Crippen LogP contribution in [-0.2, 0) is 4.39 Å². The van der Waals surface area contributed by atoms with Gasteiger partial charge in [-0.15, -0.1) is 4.91 Å². The molecule has 0 N–H and O–H groups in total. The SMILES string of the molecule is O=NOCl. The summed E-state index contributed by atoms with van der Waals surface area (Å²) in [6.07, 6.45) is 0. The maximum Gasteiger partial charge on any atom is 0.175 e. The fraction of sp³-hybridized carbons (Fsp3) is 0. The lowest BCUT2D eigenvalue weighted by Gasteiger charge is -1.55. The molecule has 0 radical (unpaired) electrons. The van der Waals surface area contributed by atoms with Crippen molar-refractivity contribution in [2.75, 3.05) is 0 Å². The van der Waals surface area contributed by atoms with Crippen LogP contribution in [0.1, 0.15) is 0 Å². The minimum atomic E-state index is 1.75. The van der Waals surface area contributed by atoms with E-state index < -0.39 is 0 Å². The summed E-state index contributed by atoms with van der Waals surface area (Å²) in [5, 5.41) is 1.75. The molecule has 0 heterocycles. The molecule has 0 saturated carbocycles. The zero-order valence-corrected chi connectivity index (χ0v) is 2.40. The van der Waals surface area contributed by atoms with Crippen molar-refractivity contribution in [2.24, 2.45) is 5.34 Å². The number of hydrogen-bond donors (Lipinski definition) is 0. The molecule has 0 aliphatic heterocycles. The van der Waals surface area contributed by atoms with Crippen LogP contribution in [-0.4, -0.2) is 0 Å². The molecule has 0 unspecified atom stereocenters. The standard InChI is InChI=1S/ClNO2/c1-4-2-3. The van der Waals surface area contributed by atoms with E-state index in [9.17, 15) is 0 Å². The molecule has 0 amide bonds. The monoisotopic (exact) mass is 81.0 g/mol. The summed E-state index contributed by atoms with van der Waals surface area (Å²) in [6, 6.07) is 0. The molecule has 0 spiro atoms. The van der Waals surface area contributed by atoms with Crippen molar-refractivity contribution in [3.05, 3.63) is 4.91 Å². The largest absolute Gasteiger partial charge is 0.241 e. The zero-order valence-electron chi connectivity index (χ0n) is 1.64. The Kier molecular flexibility index (Phi) is 2.48. The van der Waals surface area contributed by atoms with E-state index in [2.05, 4.69) is 16.3 Å². The van der Waals surface area contributed by atoms with Gasteiger partial charge < -0.3 is 0 Å². The maximum absolute atomic E-state index is 8.57. The summed E-state index contributed by atoms with van der Waals surface area (Å²) in [5.74, 6) is 0. The molecule has 0 bridgehead atoms. The Morgan fingerprint density at radius 1 is 2.00 bits per heavy atom. The van der Waals surface area contributed by atoms with Gasteiger partial charge in [-0.2, -0.15) is 0 Å². The molecule has 0 aromatic carbocycles. The molecule has 0 aliphatic carbocycles. The predicted octanol–water partition coefficient (Wildman–Crippen LogP) is 0.838. The van der Waals surface area contributed by atoms with Gasteiger partial charge in [0.2, 0.25) is 0 Å². The summed E-state index contributed by atoms with van der Waals surface area (Å²) in [6.45, 7) is 0. The van der Waals surface area contributed by atoms with Crippen molar-refractivity contribution in [3.63, 3.8) is 0 Å². The van der Waals surface area contributed by atoms with Crippen LogP contribution < -0.4 is 0 Å². The van der Waals surface area contributed by atoms with Gasteiger partial charge in [-0.3, -0.25) is 0 Å². The highest BCUT2D eigenvalue weighted by molar-refractivity contribution is 6.07. The van der Waals surface area contributed by atoms with Crippen molar-refractivity contribution < 1.29 is 4.39 Å². The molecule has 0 saturated heterocycles. The summed E-state index contributed by atoms with van der Waals surface area (Å²) in [4.78, 5) is 8.57. The molecule has 0 aromatic rings. The number of halogens is 1. The van der Waals surface area contributed by atoms with E-state index in [4.69, 9.17) is 4.91 Å². The number of hydrogen-bond acceptors (Lipinski definition) is 3. The Bertz CT molecular complexity index is 20.0. The Morgan fingerprint density at radius 2 is 2.25 bits per heavy atom. The molecule has 0 aromatic heterocycles. The molecule has 3 nitrogen and oxygen atoms in total. The molecule has 0 rings (SSSR count). The van der Waals surface area contributed by atoms with Crippen LogP contribution in [0.2, 0.25) is 0 Å². The average Bonchev–Trinajstić information content (AvgIpc) is 1.37. The van der Waals surface area contributed by atoms with Crippen molar-refractivity contribution in [2.45, 2.75) is 0 Å². The highest BCUT2D eigenvalue weighted by Crippen LogP contribution is 1.72. The van der Waals surface area contributed by atoms with Crippen LogP contribution in [0.5, 0.6) is 0 Å². The van der Waals surface area contributed by atoms with E-state index in [-0.39, 0.29) is 0 Å². The lowest BCUT2D eigenvalue weighted by Crippen LogP contribution is -1.38. The van der Waals surface area contributed by atoms with Gasteiger partial charge in [-0.1, -0.05) is 0 Å². The molecule has 4 heteroatoms. The van der Waals surface area contributed by atoms with Crippen molar-refractivity contribution in [3.8, 4) is 0 Å². The Balaban J connectivity index is 2.30. The maximum atomic E-state index is 8.57. The smallest absolute Gasteiger partial charge is 0.175 e. The second-order valence-corrected chi connectivity index (χ2v) is 0.282. The minimum absolute atomic E-state index is 1.75. The van der Waals surface area contributed by atoms with Crippen LogP contribution in [0, 0.1) is 4.91 Å². The fourth-order valence-electron chi connectivity index (χ4n) is 0. The van der Waals surface area contributed by atoms with Crippen molar-refractivity contribution in [1.82, 2.24) is 0 Å². The molecule has 4 heavy (non-hydrogen) atoms. The van der Waals surface area contributed by atoms with Gasteiger partial charge >= 0.3 is 0 Å². The average molecular weight is 81.5 g/mol. The first-order valence-electron chi connectivity index (χ1n) is 0.519. The van der Waals surface area contributed by atoms with Crippen LogP contribution in [0.4, 0.5) is 0 Å². The van der Waals surface area contributed by atoms with Crippen LogP contribution in [0.15, 0.2) is 5.34 Å². The molecular formula is ClNO2. The number of nitrogens with zero attached hydrogens (tertiary/aromatic N) is 1. The van der Waals surface area contributed by atoms with Gasteiger partial charge in [0.05, 0.1) is 0 Å². The minimum Gasteiger partial charge on any atom is -0.241 e. The first kappa shape index (κ1) is 3.69. The van der Waals surface area contributed by atoms with Gasteiger partial charge in [0.15, 0.2) is 17.2 Å². The van der Waals surface area contributed by atoms with Crippen molar-refractivity contribution >= 4 is 11.9 Å². The fourth-order valence-corrected chi connectivity index (χ4v) is 0. The third kappa shape index (κ3) is 1.69. The molecular weight excluding hydrogens is 81.5 g/mol. The third-order valence-electron chi connectivity index (χ3n) is 0.0282. The van der Waals surface area contributed by atoms with Crippen molar-refractivity contribution in [1.29, 1.82) is 0 Å². The molecule has 24 valence electrons. The van der Waals surface area contributed by atoms with Gasteiger partial charge in [-0.05, 0) is 0 Å². The Hall–Kier alpha value is -0.310. The first-order valence-corrected chi connectivity index (χ1v) is 0.828. The summed E-state index contributed by atoms with van der Waals surface area (Å²) in [5.41, 5.74) is 0. The van der Waals surface area contributed by atoms with Crippen LogP contribution in [0.25, 0.3) is 0 Å². The zero-order chi connectivity index (χ0) is 3.41. The van der Waals surface area contributed by atoms with Gasteiger partial charge in [0, 0.05) is 0 Å². The second kappa shape index (κ2) is 2.69. The molecule has 0 atom stereocenters. The lowest BCUT2D eigenvalue weighted by atomic mass is 13.4. The van der Waals surface area contributed by atoms with Crippen LogP contribution in [0.3, 0.4) is 0 Å². The summed E-state index contributed by atoms with van der Waals surface area (Å²) < 4.78 is 3.08. The van der Waals surface area contributed by atoms with Gasteiger partial charge in [0.1, 0.15) is 0 Å². The van der Waals surface area contributed by atoms with Crippen LogP contribution >= 0.6 is 11.9 Å². The lowest BCUT2D eigenvalue weighted by molar-refractivity contribution is 0.373. The summed E-state index contributed by atoms with van der Waals surface area (Å²) >= 11 is 4.21. The summed E-state index contributed by atoms with van der Waals surface area (Å²) in [7, 11) is 0. The highest BCUT2D eigenvalue weighted by Gasteiger charge is 1.50. The Labute approximate surface area is 27.6 Å². The quantitative estimate of drug-likeness (QED) is 0.347. The number of rotatable bonds is 1. The van der Waals surface area contributed by atoms with E-state index in [1.807, 2.05) is 0 Å². The van der Waals surface area contributed by atoms with E-state index in [1.165, 1.54) is 0 Å². The molecule has 0 fully saturated rings. The second-order valence-electron chi connectivity index (χ2n) is 0.144. The predicted molar refractivity (Wildman–Crippen MR) is 12.7 cm³/mol. The van der Waals surface area contributed by atoms with E-state index >= 15 is 0 Å². The van der Waals surface area contributed by atoms with Gasteiger partial charge in [0.25, 0.3) is 0 Å². The topological polar surface area (TPSA) is 38.7 Å². The van der Waals surface area contributed by atoms with Gasteiger partial charge in [-0.25, -0.2) is 4.39 Å². The normalized spacial score (nSPS) is 5.25. The molecule has 0 aliphatic rings. The van der Waals surface area contributed by atoms with E-state index in [0.717, 1.165) is 0 Å².